The fourth-order valence-corrected chi connectivity index (χ4v) is 4.07. The molecule has 2 aromatic rings. The molecule has 32 heavy (non-hydrogen) atoms. The SMILES string of the molecule is COc1cc(C)cc2c1C(=O)C(=O)C(C1=C(O)c3cc(C)cc(OC)c3C(=O)C1=O)=C2O. The molecule has 8 heteroatoms. The van der Waals surface area contributed by atoms with Crippen LogP contribution >= 0.6 is 0 Å². The van der Waals surface area contributed by atoms with Crippen LogP contribution in [-0.2, 0) is 9.59 Å². The maximum Gasteiger partial charge on any atom is 0.238 e. The average molecular weight is 434 g/mol. The van der Waals surface area contributed by atoms with Crippen LogP contribution in [-0.4, -0.2) is 47.6 Å². The number of ketones is 4. The van der Waals surface area contributed by atoms with Gasteiger partial charge in [-0.2, -0.15) is 0 Å². The van der Waals surface area contributed by atoms with Gasteiger partial charge in [0.15, 0.2) is 0 Å². The molecule has 2 aliphatic rings. The van der Waals surface area contributed by atoms with Gasteiger partial charge in [0.2, 0.25) is 23.1 Å². The van der Waals surface area contributed by atoms with Crippen LogP contribution < -0.4 is 9.47 Å². The van der Waals surface area contributed by atoms with Crippen molar-refractivity contribution in [3.05, 3.63) is 68.8 Å². The molecule has 0 bridgehead atoms. The smallest absolute Gasteiger partial charge is 0.238 e. The van der Waals surface area contributed by atoms with Crippen LogP contribution in [0.1, 0.15) is 43.0 Å². The van der Waals surface area contributed by atoms with E-state index < -0.39 is 45.8 Å². The van der Waals surface area contributed by atoms with Gasteiger partial charge in [-0.05, 0) is 49.2 Å². The van der Waals surface area contributed by atoms with Crippen molar-refractivity contribution < 1.29 is 38.9 Å². The maximum atomic E-state index is 13.0. The summed E-state index contributed by atoms with van der Waals surface area (Å²) in [6.07, 6.45) is 0. The summed E-state index contributed by atoms with van der Waals surface area (Å²) in [5, 5.41) is 21.9. The minimum atomic E-state index is -1.23. The molecular formula is C24H18O8. The number of carbonyl (C=O) groups excluding carboxylic acids is 4. The van der Waals surface area contributed by atoms with Crippen molar-refractivity contribution in [3.8, 4) is 11.5 Å². The molecule has 0 radical (unpaired) electrons. The summed E-state index contributed by atoms with van der Waals surface area (Å²) >= 11 is 0. The lowest BCUT2D eigenvalue weighted by Gasteiger charge is -2.25. The monoisotopic (exact) mass is 434 g/mol. The van der Waals surface area contributed by atoms with Gasteiger partial charge >= 0.3 is 0 Å². The van der Waals surface area contributed by atoms with Gasteiger partial charge in [0.25, 0.3) is 0 Å². The predicted octanol–water partition coefficient (Wildman–Crippen LogP) is 3.09. The van der Waals surface area contributed by atoms with Crippen LogP contribution in [0, 0.1) is 13.8 Å². The highest BCUT2D eigenvalue weighted by Crippen LogP contribution is 2.42. The number of methoxy groups -OCH3 is 2. The van der Waals surface area contributed by atoms with Gasteiger partial charge in [-0.3, -0.25) is 19.2 Å². The van der Waals surface area contributed by atoms with Crippen molar-refractivity contribution in [2.75, 3.05) is 14.2 Å². The Morgan fingerprint density at radius 2 is 0.938 bits per heavy atom. The van der Waals surface area contributed by atoms with E-state index in [0.717, 1.165) is 0 Å². The molecule has 0 fully saturated rings. The quantitative estimate of drug-likeness (QED) is 0.706. The molecular weight excluding hydrogens is 416 g/mol. The number of aryl methyl sites for hydroxylation is 2. The minimum absolute atomic E-state index is 0.0328. The van der Waals surface area contributed by atoms with Crippen molar-refractivity contribution in [2.24, 2.45) is 0 Å². The first-order valence-corrected chi connectivity index (χ1v) is 9.55. The molecule has 0 heterocycles. The standard InChI is InChI=1S/C24H18O8/c1-9-5-11-15(13(7-9)31-3)21(27)23(29)17(19(11)25)18-20(26)12-6-10(2)8-14(32-4)16(12)22(28)24(18)30/h5-8,25-26H,1-4H3. The lowest BCUT2D eigenvalue weighted by atomic mass is 9.78. The van der Waals surface area contributed by atoms with Gasteiger partial charge in [-0.25, -0.2) is 0 Å². The normalized spacial score (nSPS) is 15.8. The van der Waals surface area contributed by atoms with Crippen molar-refractivity contribution in [1.29, 1.82) is 0 Å². The summed E-state index contributed by atoms with van der Waals surface area (Å²) in [7, 11) is 2.63. The number of Topliss-reactive ketones (excluding diaryl/α,β-unsaturated/α-hetero) is 4. The number of ether oxygens (including phenoxy) is 2. The molecule has 0 amide bonds. The number of fused-ring (bicyclic) bond motifs is 2. The number of aliphatic hydroxyl groups is 2. The highest BCUT2D eigenvalue weighted by molar-refractivity contribution is 6.60. The predicted molar refractivity (Wildman–Crippen MR) is 113 cm³/mol. The van der Waals surface area contributed by atoms with Crippen LogP contribution in [0.3, 0.4) is 0 Å². The maximum absolute atomic E-state index is 13.0. The van der Waals surface area contributed by atoms with Crippen molar-refractivity contribution >= 4 is 34.7 Å². The third-order valence-electron chi connectivity index (χ3n) is 5.49. The Labute approximate surface area is 182 Å². The van der Waals surface area contributed by atoms with Gasteiger partial charge in [-0.1, -0.05) is 0 Å². The largest absolute Gasteiger partial charge is 0.506 e. The number of rotatable bonds is 3. The van der Waals surface area contributed by atoms with Crippen LogP contribution in [0.25, 0.3) is 11.5 Å². The average Bonchev–Trinajstić information content (AvgIpc) is 2.76. The van der Waals surface area contributed by atoms with E-state index in [0.29, 0.717) is 11.1 Å². The van der Waals surface area contributed by atoms with E-state index in [2.05, 4.69) is 0 Å². The molecule has 8 nitrogen and oxygen atoms in total. The third kappa shape index (κ3) is 2.76. The topological polar surface area (TPSA) is 127 Å². The van der Waals surface area contributed by atoms with E-state index in [1.807, 2.05) is 0 Å². The molecule has 0 aliphatic heterocycles. The van der Waals surface area contributed by atoms with Crippen molar-refractivity contribution in [1.82, 2.24) is 0 Å². The van der Waals surface area contributed by atoms with E-state index in [4.69, 9.17) is 9.47 Å². The number of hydrogen-bond donors (Lipinski definition) is 2. The summed E-state index contributed by atoms with van der Waals surface area (Å²) < 4.78 is 10.4. The summed E-state index contributed by atoms with van der Waals surface area (Å²) in [6, 6.07) is 5.95. The lowest BCUT2D eigenvalue weighted by Crippen LogP contribution is -2.32. The Balaban J connectivity index is 2.09. The Bertz CT molecular complexity index is 1240. The van der Waals surface area contributed by atoms with Gasteiger partial charge in [-0.15, -0.1) is 0 Å². The second kappa shape index (κ2) is 7.19. The number of aliphatic hydroxyl groups excluding tert-OH is 2. The van der Waals surface area contributed by atoms with E-state index in [1.54, 1.807) is 13.8 Å². The van der Waals surface area contributed by atoms with Crippen LogP contribution in [0.15, 0.2) is 35.4 Å². The zero-order valence-electron chi connectivity index (χ0n) is 17.7. The van der Waals surface area contributed by atoms with Crippen LogP contribution in [0.4, 0.5) is 0 Å². The molecule has 2 N–H and O–H groups in total. The minimum Gasteiger partial charge on any atom is -0.506 e. The highest BCUT2D eigenvalue weighted by atomic mass is 16.5. The Morgan fingerprint density at radius 3 is 1.25 bits per heavy atom. The molecule has 0 saturated carbocycles. The van der Waals surface area contributed by atoms with E-state index in [1.165, 1.54) is 38.5 Å². The summed E-state index contributed by atoms with van der Waals surface area (Å²) in [4.78, 5) is 51.8. The Hall–Kier alpha value is -4.20. The fraction of sp³-hybridized carbons (Fsp3) is 0.167. The zero-order valence-corrected chi connectivity index (χ0v) is 17.7. The molecule has 0 atom stereocenters. The number of carbonyl (C=O) groups is 4. The van der Waals surface area contributed by atoms with E-state index >= 15 is 0 Å². The van der Waals surface area contributed by atoms with E-state index in [9.17, 15) is 29.4 Å². The number of allylic oxidation sites excluding steroid dienone is 2. The first-order valence-electron chi connectivity index (χ1n) is 9.55. The van der Waals surface area contributed by atoms with Crippen molar-refractivity contribution in [2.45, 2.75) is 13.8 Å². The van der Waals surface area contributed by atoms with Crippen LogP contribution in [0.2, 0.25) is 0 Å². The van der Waals surface area contributed by atoms with Gasteiger partial charge < -0.3 is 19.7 Å². The Kier molecular flexibility index (Phi) is 4.73. The highest BCUT2D eigenvalue weighted by Gasteiger charge is 2.45. The summed E-state index contributed by atoms with van der Waals surface area (Å²) in [5.41, 5.74) is -0.598. The molecule has 162 valence electrons. The van der Waals surface area contributed by atoms with E-state index in [-0.39, 0.29) is 33.8 Å². The second-order valence-corrected chi connectivity index (χ2v) is 7.54. The zero-order chi connectivity index (χ0) is 23.5. The molecule has 4 rings (SSSR count). The lowest BCUT2D eigenvalue weighted by molar-refractivity contribution is -0.114. The number of benzene rings is 2. The molecule has 0 saturated heterocycles. The van der Waals surface area contributed by atoms with Crippen molar-refractivity contribution in [3.63, 3.8) is 0 Å². The second-order valence-electron chi connectivity index (χ2n) is 7.54. The molecule has 0 aromatic heterocycles. The van der Waals surface area contributed by atoms with Crippen LogP contribution in [0.5, 0.6) is 11.5 Å². The summed E-state index contributed by atoms with van der Waals surface area (Å²) in [5.74, 6) is -5.76. The molecule has 0 unspecified atom stereocenters. The third-order valence-corrected chi connectivity index (χ3v) is 5.49. The first-order chi connectivity index (χ1) is 15.1. The Morgan fingerprint density at radius 1 is 0.594 bits per heavy atom. The molecule has 2 aliphatic carbocycles. The molecule has 0 spiro atoms. The van der Waals surface area contributed by atoms with Gasteiger partial charge in [0.1, 0.15) is 23.0 Å². The molecule has 2 aromatic carbocycles. The number of hydrogen-bond acceptors (Lipinski definition) is 8. The fourth-order valence-electron chi connectivity index (χ4n) is 4.07. The van der Waals surface area contributed by atoms with Gasteiger partial charge in [0, 0.05) is 11.1 Å². The first kappa shape index (κ1) is 21.0. The summed E-state index contributed by atoms with van der Waals surface area (Å²) in [6.45, 7) is 3.38. The van der Waals surface area contributed by atoms with Gasteiger partial charge in [0.05, 0.1) is 36.5 Å².